The van der Waals surface area contributed by atoms with Gasteiger partial charge in [0.05, 0.1) is 24.2 Å². The third kappa shape index (κ3) is 4.30. The van der Waals surface area contributed by atoms with Crippen LogP contribution in [0.25, 0.3) is 0 Å². The van der Waals surface area contributed by atoms with Gasteiger partial charge in [0.1, 0.15) is 17.6 Å². The van der Waals surface area contributed by atoms with Crippen LogP contribution in [0, 0.1) is 0 Å². The summed E-state index contributed by atoms with van der Waals surface area (Å²) >= 11 is 0. The van der Waals surface area contributed by atoms with Crippen LogP contribution in [0.1, 0.15) is 62.6 Å². The molecule has 0 aromatic heterocycles. The van der Waals surface area contributed by atoms with E-state index in [-0.39, 0.29) is 37.9 Å². The Hall–Kier alpha value is -2.99. The zero-order valence-electron chi connectivity index (χ0n) is 23.1. The van der Waals surface area contributed by atoms with E-state index in [0.29, 0.717) is 43.5 Å². The summed E-state index contributed by atoms with van der Waals surface area (Å²) in [7, 11) is 2.00. The van der Waals surface area contributed by atoms with Crippen molar-refractivity contribution < 1.29 is 43.9 Å². The molecule has 4 aliphatic rings. The molecule has 1 fully saturated rings. The molecule has 1 amide bonds. The van der Waals surface area contributed by atoms with Gasteiger partial charge in [0, 0.05) is 30.0 Å². The molecule has 6 atom stereocenters. The number of benzene rings is 1. The Morgan fingerprint density at radius 2 is 2.02 bits per heavy atom. The molecule has 218 valence electrons. The second-order valence-electron chi connectivity index (χ2n) is 11.3. The fraction of sp³-hybridized carbons (Fsp3) is 0.621. The summed E-state index contributed by atoms with van der Waals surface area (Å²) in [6.07, 6.45) is 1.83. The van der Waals surface area contributed by atoms with Gasteiger partial charge in [0.15, 0.2) is 12.2 Å². The lowest BCUT2D eigenvalue weighted by Crippen LogP contribution is -2.74. The maximum atomic E-state index is 13.2. The molecule has 2 heterocycles. The SMILES string of the molecule is CCC[C@H](NC(=O)CCO)C(=O)O[C@@H](C)C(=O)OC1=CC[C@@]2(O)[C@H]3Cc4ccc(CO)c5c4C2(CCN3C)C1O5. The zero-order valence-corrected chi connectivity index (χ0v) is 23.1. The van der Waals surface area contributed by atoms with E-state index in [9.17, 15) is 24.6 Å². The highest BCUT2D eigenvalue weighted by molar-refractivity contribution is 5.86. The van der Waals surface area contributed by atoms with Gasteiger partial charge in [-0.15, -0.1) is 0 Å². The lowest BCUT2D eigenvalue weighted by atomic mass is 9.50. The van der Waals surface area contributed by atoms with E-state index in [0.717, 1.165) is 11.1 Å². The summed E-state index contributed by atoms with van der Waals surface area (Å²) < 4.78 is 17.6. The van der Waals surface area contributed by atoms with E-state index in [4.69, 9.17) is 19.3 Å². The predicted molar refractivity (Wildman–Crippen MR) is 141 cm³/mol. The van der Waals surface area contributed by atoms with Gasteiger partial charge in [-0.3, -0.25) is 4.79 Å². The molecule has 0 saturated carbocycles. The lowest BCUT2D eigenvalue weighted by molar-refractivity contribution is -0.176. The zero-order chi connectivity index (χ0) is 28.8. The second kappa shape index (κ2) is 10.8. The fourth-order valence-corrected chi connectivity index (χ4v) is 7.04. The highest BCUT2D eigenvalue weighted by Crippen LogP contribution is 2.64. The number of nitrogens with zero attached hydrogens (tertiary/aromatic N) is 1. The molecule has 11 heteroatoms. The summed E-state index contributed by atoms with van der Waals surface area (Å²) in [6, 6.07) is 2.71. The molecule has 1 spiro atoms. The quantitative estimate of drug-likeness (QED) is 0.300. The van der Waals surface area contributed by atoms with Crippen molar-refractivity contribution in [1.82, 2.24) is 10.2 Å². The van der Waals surface area contributed by atoms with Crippen molar-refractivity contribution in [2.24, 2.45) is 0 Å². The molecule has 11 nitrogen and oxygen atoms in total. The molecule has 2 aliphatic heterocycles. The molecule has 2 unspecified atom stereocenters. The van der Waals surface area contributed by atoms with Crippen LogP contribution >= 0.6 is 0 Å². The van der Waals surface area contributed by atoms with E-state index < -0.39 is 47.1 Å². The van der Waals surface area contributed by atoms with E-state index in [2.05, 4.69) is 10.2 Å². The molecule has 1 saturated heterocycles. The fourth-order valence-electron chi connectivity index (χ4n) is 7.04. The van der Waals surface area contributed by atoms with Gasteiger partial charge in [0.25, 0.3) is 0 Å². The van der Waals surface area contributed by atoms with E-state index in [1.165, 1.54) is 6.92 Å². The highest BCUT2D eigenvalue weighted by Gasteiger charge is 2.71. The Bertz CT molecular complexity index is 1230. The summed E-state index contributed by atoms with van der Waals surface area (Å²) in [5.41, 5.74) is 0.533. The average molecular weight is 559 g/mol. The average Bonchev–Trinajstić information content (AvgIpc) is 3.28. The number of likely N-dealkylation sites (tertiary alicyclic amines) is 1. The first-order chi connectivity index (χ1) is 19.1. The van der Waals surface area contributed by atoms with Crippen molar-refractivity contribution in [1.29, 1.82) is 0 Å². The third-order valence-electron chi connectivity index (χ3n) is 9.01. The number of ether oxygens (including phenoxy) is 3. The molecule has 2 bridgehead atoms. The number of carbonyl (C=O) groups excluding carboxylic acids is 3. The van der Waals surface area contributed by atoms with Crippen LogP contribution in [-0.4, -0.2) is 88.2 Å². The minimum Gasteiger partial charge on any atom is -0.481 e. The largest absolute Gasteiger partial charge is 0.481 e. The summed E-state index contributed by atoms with van der Waals surface area (Å²) in [4.78, 5) is 40.0. The van der Waals surface area contributed by atoms with Crippen molar-refractivity contribution >= 4 is 17.8 Å². The Balaban J connectivity index is 1.38. The van der Waals surface area contributed by atoms with Crippen molar-refractivity contribution in [3.05, 3.63) is 40.7 Å². The molecule has 1 aromatic rings. The van der Waals surface area contributed by atoms with Crippen molar-refractivity contribution in [3.63, 3.8) is 0 Å². The Morgan fingerprint density at radius 1 is 1.25 bits per heavy atom. The van der Waals surface area contributed by atoms with Crippen LogP contribution in [0.4, 0.5) is 0 Å². The number of rotatable bonds is 10. The summed E-state index contributed by atoms with van der Waals surface area (Å²) in [5.74, 6) is -1.28. The molecule has 40 heavy (non-hydrogen) atoms. The van der Waals surface area contributed by atoms with Gasteiger partial charge in [-0.2, -0.15) is 0 Å². The number of aliphatic hydroxyl groups excluding tert-OH is 2. The first-order valence-electron chi connectivity index (χ1n) is 14.0. The second-order valence-corrected chi connectivity index (χ2v) is 11.3. The predicted octanol–water partition coefficient (Wildman–Crippen LogP) is 0.599. The minimum atomic E-state index is -1.27. The van der Waals surface area contributed by atoms with E-state index in [1.54, 1.807) is 6.08 Å². The van der Waals surface area contributed by atoms with E-state index >= 15 is 0 Å². The minimum absolute atomic E-state index is 0.145. The summed E-state index contributed by atoms with van der Waals surface area (Å²) in [6.45, 7) is 3.38. The van der Waals surface area contributed by atoms with Gasteiger partial charge in [-0.1, -0.05) is 25.5 Å². The first-order valence-corrected chi connectivity index (χ1v) is 14.0. The standard InChI is InChI=1S/C29H38N2O9/c1-4-5-19(30-22(34)9-13-32)27(36)38-16(2)26(35)39-20-8-10-29(37)21-14-17-6-7-18(15-33)24-23(17)28(29,25(20)40-24)11-12-31(21)3/h6-8,16,19,21,25,32-33,37H,4-5,9-15H2,1-3H3,(H,30,34)/t16-,19-,21+,25?,28?,29+/m0/s1. The maximum Gasteiger partial charge on any atom is 0.352 e. The molecule has 1 aromatic carbocycles. The molecule has 0 radical (unpaired) electrons. The maximum absolute atomic E-state index is 13.2. The number of esters is 2. The van der Waals surface area contributed by atoms with Gasteiger partial charge < -0.3 is 39.7 Å². The molecular weight excluding hydrogens is 520 g/mol. The number of hydrogen-bond acceptors (Lipinski definition) is 10. The van der Waals surface area contributed by atoms with Gasteiger partial charge in [-0.25, -0.2) is 9.59 Å². The number of amides is 1. The first kappa shape index (κ1) is 28.5. The molecule has 4 N–H and O–H groups in total. The lowest BCUT2D eigenvalue weighted by Gasteiger charge is -2.61. The number of piperidine rings is 1. The monoisotopic (exact) mass is 558 g/mol. The van der Waals surface area contributed by atoms with Crippen LogP contribution < -0.4 is 10.1 Å². The molecule has 2 aliphatic carbocycles. The third-order valence-corrected chi connectivity index (χ3v) is 9.01. The Morgan fingerprint density at radius 3 is 2.73 bits per heavy atom. The number of carbonyl (C=O) groups is 3. The smallest absolute Gasteiger partial charge is 0.352 e. The number of aliphatic hydroxyl groups is 3. The Labute approximate surface area is 233 Å². The van der Waals surface area contributed by atoms with Gasteiger partial charge in [-0.05, 0) is 51.4 Å². The normalized spacial score (nSPS) is 29.4. The van der Waals surface area contributed by atoms with Crippen molar-refractivity contribution in [2.45, 2.75) is 94.3 Å². The topological polar surface area (TPSA) is 155 Å². The summed E-state index contributed by atoms with van der Waals surface area (Å²) in [5, 5.41) is 33.8. The van der Waals surface area contributed by atoms with Gasteiger partial charge >= 0.3 is 11.9 Å². The highest BCUT2D eigenvalue weighted by atomic mass is 16.6. The number of likely N-dealkylation sites (N-methyl/N-ethyl adjacent to an activating group) is 1. The number of nitrogens with one attached hydrogen (secondary N) is 1. The molecular formula is C29H38N2O9. The molecule has 5 rings (SSSR count). The van der Waals surface area contributed by atoms with Crippen LogP contribution in [0.2, 0.25) is 0 Å². The van der Waals surface area contributed by atoms with Crippen LogP contribution in [0.15, 0.2) is 24.0 Å². The van der Waals surface area contributed by atoms with Crippen LogP contribution in [-0.2, 0) is 42.3 Å². The van der Waals surface area contributed by atoms with Crippen LogP contribution in [0.3, 0.4) is 0 Å². The van der Waals surface area contributed by atoms with Crippen LogP contribution in [0.5, 0.6) is 5.75 Å². The van der Waals surface area contributed by atoms with Crippen molar-refractivity contribution in [3.8, 4) is 5.75 Å². The Kier molecular flexibility index (Phi) is 7.68. The van der Waals surface area contributed by atoms with E-state index in [1.807, 2.05) is 26.1 Å². The van der Waals surface area contributed by atoms with Crippen molar-refractivity contribution in [2.75, 3.05) is 20.2 Å². The van der Waals surface area contributed by atoms with Gasteiger partial charge in [0.2, 0.25) is 5.91 Å². The number of hydrogen-bond donors (Lipinski definition) is 4.